The summed E-state index contributed by atoms with van der Waals surface area (Å²) in [6.45, 7) is 22.4. The van der Waals surface area contributed by atoms with Crippen molar-refractivity contribution in [1.82, 2.24) is 21.5 Å². The number of sulfone groups is 2. The Morgan fingerprint density at radius 1 is 0.277 bits per heavy atom. The Morgan fingerprint density at radius 3 is 0.686 bits per heavy atom. The van der Waals surface area contributed by atoms with Gasteiger partial charge in [-0.05, 0) is 317 Å². The standard InChI is InChI=1S/C19H17F3N2S3.C19H20N2O2S3.C19H20N2S3.C18H17ClN2O2S3.C18H17ClN2S3.5O2/c1-13-8-15(19(20,21)22)11-16(9-13)26-17-3-2-14(12-23)10-18(17)27-24-4-6-25-7-5-24;1-14-9-15(2)11-17(10-14)24-18-4-3-16(13-20)12-19(18)25-21-5-7-26(22,23)8-6-21;1-14-9-15(2)11-17(10-14)23-18-4-3-16(13-20)12-19(18)24-21-5-7-22-8-6-21;1-13-8-15(19)11-16(9-13)24-17-3-2-14(12-20)10-18(17)25-21-4-6-26(22,23)7-5-21;1-13-8-15(19)11-16(9-13)23-17-3-2-14(12-20)10-18(17)24-21-4-6-22-7-5-21;5*1-2/h2-3,8-11H,4-7H2,1H3;3-4,9-12H,5-8H2,1-2H3;3-4,9-12H,5-8H2,1-2H3;2-3,8-11H,4-7H2,1H3;2-3,8-11H,4-7H2,1H3;;;;;. The molecule has 722 valence electrons. The summed E-state index contributed by atoms with van der Waals surface area (Å²) in [5, 5.41) is 47.6. The predicted molar refractivity (Wildman–Crippen MR) is 567 cm³/mol. The maximum atomic E-state index is 13.1. The van der Waals surface area contributed by atoms with Crippen LogP contribution in [-0.2, 0) is 25.9 Å². The quantitative estimate of drug-likeness (QED) is 0.0639. The van der Waals surface area contributed by atoms with Gasteiger partial charge in [-0.1, -0.05) is 94.1 Å². The van der Waals surface area contributed by atoms with E-state index in [9.17, 15) is 56.3 Å². The number of benzene rings is 10. The third-order valence-corrected chi connectivity index (χ3v) is 37.1. The molecular formula is C93H91Cl2F3N10O14S15. The molecule has 0 aliphatic carbocycles. The van der Waals surface area contributed by atoms with Gasteiger partial charge in [-0.3, -0.25) is 0 Å². The summed E-state index contributed by atoms with van der Waals surface area (Å²) in [5.41, 5.74) is 10.4. The third-order valence-electron chi connectivity index (χ3n) is 19.0. The molecule has 44 heteroatoms. The molecule has 0 aromatic heterocycles. The Labute approximate surface area is 861 Å². The van der Waals surface area contributed by atoms with Crippen LogP contribution in [0, 0.1) is 155 Å². The van der Waals surface area contributed by atoms with Crippen molar-refractivity contribution >= 4 is 197 Å². The van der Waals surface area contributed by atoms with E-state index in [0.29, 0.717) is 63.9 Å². The van der Waals surface area contributed by atoms with Crippen molar-refractivity contribution in [2.75, 3.05) is 123 Å². The molecule has 10 aromatic rings. The van der Waals surface area contributed by atoms with E-state index in [2.05, 4.69) is 137 Å². The molecule has 24 nitrogen and oxygen atoms in total. The van der Waals surface area contributed by atoms with Crippen LogP contribution < -0.4 is 0 Å². The lowest BCUT2D eigenvalue weighted by Crippen LogP contribution is -2.36. The highest BCUT2D eigenvalue weighted by Gasteiger charge is 2.32. The zero-order chi connectivity index (χ0) is 101. The largest absolute Gasteiger partial charge is 0.416 e. The third kappa shape index (κ3) is 41.8. The summed E-state index contributed by atoms with van der Waals surface area (Å²) in [4.78, 5) is 85.6. The molecule has 0 saturated carbocycles. The molecule has 0 radical (unpaired) electrons. The van der Waals surface area contributed by atoms with Crippen LogP contribution >= 0.6 is 177 Å². The summed E-state index contributed by atoms with van der Waals surface area (Å²) >= 11 is 34.5. The van der Waals surface area contributed by atoms with Crippen LogP contribution in [0.4, 0.5) is 13.2 Å². The van der Waals surface area contributed by atoms with Crippen LogP contribution in [0.25, 0.3) is 0 Å². The second-order valence-corrected chi connectivity index (χ2v) is 50.2. The smallest absolute Gasteiger partial charge is 0.245 e. The second kappa shape index (κ2) is 61.9. The maximum absolute atomic E-state index is 13.1. The lowest BCUT2D eigenvalue weighted by atomic mass is 10.1. The van der Waals surface area contributed by atoms with Crippen molar-refractivity contribution in [3.63, 3.8) is 0 Å². The maximum Gasteiger partial charge on any atom is 0.416 e. The number of halogens is 5. The minimum Gasteiger partial charge on any atom is -0.245 e. The number of thioether (sulfide) groups is 3. The monoisotopic (exact) mass is 2180 g/mol. The normalized spacial score (nSPS) is 15.0. The molecule has 0 N–H and O–H groups in total. The molecule has 5 heterocycles. The zero-order valence-electron chi connectivity index (χ0n) is 74.7. The minimum atomic E-state index is -4.37. The van der Waals surface area contributed by atoms with E-state index in [4.69, 9.17) is 72.8 Å². The first kappa shape index (κ1) is 118. The molecular weight excluding hydrogens is 2090 g/mol. The van der Waals surface area contributed by atoms with E-state index in [1.807, 2.05) is 144 Å². The van der Waals surface area contributed by atoms with Crippen LogP contribution in [0.15, 0.2) is 255 Å². The van der Waals surface area contributed by atoms with Crippen molar-refractivity contribution in [2.45, 2.75) is 128 Å². The van der Waals surface area contributed by atoms with Crippen molar-refractivity contribution in [3.05, 3.63) is 314 Å². The van der Waals surface area contributed by atoms with Gasteiger partial charge in [0.15, 0.2) is 19.7 Å². The summed E-state index contributed by atoms with van der Waals surface area (Å²) in [7, 11) is -5.82. The highest BCUT2D eigenvalue weighted by Crippen LogP contribution is 2.46. The van der Waals surface area contributed by atoms with Crippen LogP contribution in [0.1, 0.15) is 72.3 Å². The molecule has 0 unspecified atom stereocenters. The topological polar surface area (TPSA) is 374 Å². The van der Waals surface area contributed by atoms with E-state index in [1.54, 1.807) is 120 Å². The van der Waals surface area contributed by atoms with Gasteiger partial charge >= 0.3 is 6.18 Å². The first-order chi connectivity index (χ1) is 65.8. The molecule has 5 fully saturated rings. The summed E-state index contributed by atoms with van der Waals surface area (Å²) in [5.74, 6) is 7.55. The number of hydrogen-bond acceptors (Lipinski definition) is 37. The van der Waals surface area contributed by atoms with Crippen LogP contribution in [0.5, 0.6) is 0 Å². The summed E-state index contributed by atoms with van der Waals surface area (Å²) in [6.07, 6.45) is -4.37. The Balaban J connectivity index is 0.000000257. The van der Waals surface area contributed by atoms with Gasteiger partial charge in [0.1, 0.15) is 0 Å². The Hall–Kier alpha value is -7.73. The van der Waals surface area contributed by atoms with E-state index >= 15 is 0 Å². The summed E-state index contributed by atoms with van der Waals surface area (Å²) in [6, 6.07) is 68.8. The number of alkyl halides is 3. The van der Waals surface area contributed by atoms with Gasteiger partial charge in [0.05, 0.1) is 86.7 Å². The lowest BCUT2D eigenvalue weighted by molar-refractivity contribution is -0.137. The summed E-state index contributed by atoms with van der Waals surface area (Å²) < 4.78 is 97.0. The fraction of sp³-hybridized carbons (Fsp3) is 0.301. The number of nitriles is 5. The van der Waals surface area contributed by atoms with Gasteiger partial charge in [0.2, 0.25) is 0 Å². The van der Waals surface area contributed by atoms with Crippen molar-refractivity contribution < 1.29 is 30.0 Å². The van der Waals surface area contributed by atoms with Gasteiger partial charge in [0.25, 0.3) is 0 Å². The average molecular weight is 2180 g/mol. The van der Waals surface area contributed by atoms with Gasteiger partial charge in [-0.25, -0.2) is 38.4 Å². The number of rotatable bonds is 20. The molecule has 5 aliphatic heterocycles. The first-order valence-corrected chi connectivity index (χ1v) is 56.7. The molecule has 0 atom stereocenters. The highest BCUT2D eigenvalue weighted by atomic mass is 35.5. The van der Waals surface area contributed by atoms with E-state index in [1.165, 1.54) is 94.6 Å². The molecule has 137 heavy (non-hydrogen) atoms. The molecule has 0 bridgehead atoms. The van der Waals surface area contributed by atoms with Gasteiger partial charge in [-0.2, -0.15) is 74.8 Å². The number of hydrogen-bond donors (Lipinski definition) is 0. The minimum absolute atomic E-state index is 0.175. The highest BCUT2D eigenvalue weighted by molar-refractivity contribution is 8.04. The molecule has 10 aromatic carbocycles. The fourth-order valence-corrected chi connectivity index (χ4v) is 31.0. The van der Waals surface area contributed by atoms with Crippen molar-refractivity contribution in [2.24, 2.45) is 0 Å². The SMILES string of the molecule is Cc1cc(C)cc(Sc2ccc(C#N)cc2SN2CCS(=O)(=O)CC2)c1.Cc1cc(C)cc(Sc2ccc(C#N)cc2SN2CCSCC2)c1.Cc1cc(Cl)cc(Sc2ccc(C#N)cc2SN2CCS(=O)(=O)CC2)c1.Cc1cc(Cl)cc(Sc2ccc(C#N)cc2SN2CCSCC2)c1.Cc1cc(Sc2ccc(C#N)cc2SN2CCSCC2)cc(C(F)(F)F)c1.O=O.O=O.O=O.O=O.O=O. The molecule has 15 rings (SSSR count). The van der Waals surface area contributed by atoms with Crippen molar-refractivity contribution in [1.29, 1.82) is 26.3 Å². The van der Waals surface area contributed by atoms with Crippen LogP contribution in [0.3, 0.4) is 0 Å². The van der Waals surface area contributed by atoms with Crippen LogP contribution in [-0.4, -0.2) is 161 Å². The van der Waals surface area contributed by atoms with Gasteiger partial charge in [-0.15, -0.1) is 0 Å². The Morgan fingerprint density at radius 2 is 0.474 bits per heavy atom. The van der Waals surface area contributed by atoms with Crippen molar-refractivity contribution in [3.8, 4) is 30.3 Å². The van der Waals surface area contributed by atoms with Gasteiger partial charge < -0.3 is 0 Å². The molecule has 5 saturated heterocycles. The van der Waals surface area contributed by atoms with E-state index in [0.717, 1.165) is 128 Å². The van der Waals surface area contributed by atoms with Crippen LogP contribution in [0.2, 0.25) is 10.0 Å². The first-order valence-electron chi connectivity index (χ1n) is 40.9. The van der Waals surface area contributed by atoms with E-state index < -0.39 is 31.4 Å². The predicted octanol–water partition coefficient (Wildman–Crippen LogP) is 26.0. The Bertz CT molecular complexity index is 5740. The fourth-order valence-electron chi connectivity index (χ4n) is 13.0. The number of nitrogens with zero attached hydrogens (tertiary/aromatic N) is 10. The molecule has 5 aliphatic rings. The average Bonchev–Trinajstić information content (AvgIpc) is 0.815. The lowest BCUT2D eigenvalue weighted by Gasteiger charge is -2.26. The second-order valence-electron chi connectivity index (χ2n) is 29.7. The zero-order valence-corrected chi connectivity index (χ0v) is 88.4. The molecule has 0 amide bonds. The Kier molecular flexibility index (Phi) is 53.3. The molecule has 0 spiro atoms. The van der Waals surface area contributed by atoms with E-state index in [-0.39, 0.29) is 23.0 Å². The number of aryl methyl sites for hydroxylation is 7. The van der Waals surface area contributed by atoms with Gasteiger partial charge in [0, 0.05) is 233 Å².